The Morgan fingerprint density at radius 2 is 1.80 bits per heavy atom. The fourth-order valence-electron chi connectivity index (χ4n) is 4.15. The summed E-state index contributed by atoms with van der Waals surface area (Å²) in [5.41, 5.74) is 2.62. The van der Waals surface area contributed by atoms with Crippen LogP contribution in [0.5, 0.6) is 11.5 Å². The molecule has 188 valence electrons. The maximum atomic E-state index is 13.1. The molecule has 0 unspecified atom stereocenters. The number of rotatable bonds is 8. The van der Waals surface area contributed by atoms with E-state index < -0.39 is 6.04 Å². The smallest absolute Gasteiger partial charge is 0.321 e. The topological polar surface area (TPSA) is 109 Å². The van der Waals surface area contributed by atoms with Crippen LogP contribution in [0.2, 0.25) is 0 Å². The Bertz CT molecular complexity index is 1050. The van der Waals surface area contributed by atoms with Crippen LogP contribution in [0.4, 0.5) is 10.5 Å². The molecule has 2 aromatic rings. The van der Waals surface area contributed by atoms with Crippen LogP contribution >= 0.6 is 0 Å². The lowest BCUT2D eigenvalue weighted by atomic mass is 10.0. The first kappa shape index (κ1) is 25.9. The number of amides is 4. The number of nitrogens with zero attached hydrogens (tertiary/aromatic N) is 1. The van der Waals surface area contributed by atoms with E-state index in [9.17, 15) is 14.4 Å². The highest BCUT2D eigenvalue weighted by Crippen LogP contribution is 2.26. The lowest BCUT2D eigenvalue weighted by Crippen LogP contribution is -2.53. The Labute approximate surface area is 206 Å². The molecular formula is C26H34N4O5. The van der Waals surface area contributed by atoms with Gasteiger partial charge in [0.05, 0.1) is 14.2 Å². The van der Waals surface area contributed by atoms with Gasteiger partial charge in [-0.15, -0.1) is 0 Å². The van der Waals surface area contributed by atoms with Gasteiger partial charge in [-0.3, -0.25) is 9.59 Å². The number of urea groups is 1. The van der Waals surface area contributed by atoms with Crippen LogP contribution in [0, 0.1) is 6.92 Å². The molecule has 1 fully saturated rings. The van der Waals surface area contributed by atoms with Crippen molar-refractivity contribution in [1.82, 2.24) is 15.5 Å². The van der Waals surface area contributed by atoms with Gasteiger partial charge >= 0.3 is 6.03 Å². The molecule has 1 aliphatic heterocycles. The van der Waals surface area contributed by atoms with Crippen molar-refractivity contribution >= 4 is 23.5 Å². The summed E-state index contributed by atoms with van der Waals surface area (Å²) in [6, 6.07) is 12.0. The maximum absolute atomic E-state index is 13.1. The number of aryl methyl sites for hydroxylation is 1. The number of likely N-dealkylation sites (tertiary alicyclic amines) is 1. The van der Waals surface area contributed by atoms with E-state index in [1.54, 1.807) is 31.3 Å². The van der Waals surface area contributed by atoms with E-state index in [4.69, 9.17) is 9.47 Å². The second-order valence-electron chi connectivity index (χ2n) is 8.70. The monoisotopic (exact) mass is 482 g/mol. The standard InChI is InChI=1S/C26H34N4O5/c1-17-6-5-7-21(14-17)29-26(33)30-12-10-20(11-13-30)28-25(32)23(27-18(2)31)15-19-8-9-22(34-3)16-24(19)35-4/h5-9,14,16,20,23H,10-13,15H2,1-4H3,(H,27,31)(H,28,32)(H,29,33)/t23-/m1/s1. The molecule has 0 saturated carbocycles. The normalized spacial score (nSPS) is 14.6. The molecule has 2 aromatic carbocycles. The molecule has 3 N–H and O–H groups in total. The number of ether oxygens (including phenoxy) is 2. The van der Waals surface area contributed by atoms with Gasteiger partial charge in [-0.2, -0.15) is 0 Å². The zero-order valence-corrected chi connectivity index (χ0v) is 20.7. The van der Waals surface area contributed by atoms with Crippen molar-refractivity contribution in [3.63, 3.8) is 0 Å². The van der Waals surface area contributed by atoms with E-state index in [1.807, 2.05) is 37.3 Å². The van der Waals surface area contributed by atoms with Gasteiger partial charge in [-0.05, 0) is 49.1 Å². The molecule has 1 saturated heterocycles. The van der Waals surface area contributed by atoms with Crippen LogP contribution in [0.15, 0.2) is 42.5 Å². The molecule has 1 heterocycles. The zero-order chi connectivity index (χ0) is 25.4. The number of hydrogen-bond donors (Lipinski definition) is 3. The molecule has 9 nitrogen and oxygen atoms in total. The molecule has 0 aliphatic carbocycles. The van der Waals surface area contributed by atoms with Crippen molar-refractivity contribution in [2.75, 3.05) is 32.6 Å². The van der Waals surface area contributed by atoms with E-state index in [0.29, 0.717) is 37.4 Å². The summed E-state index contributed by atoms with van der Waals surface area (Å²) in [5.74, 6) is 0.672. The summed E-state index contributed by atoms with van der Waals surface area (Å²) in [6.07, 6.45) is 1.54. The molecule has 1 aliphatic rings. The number of piperidine rings is 1. The SMILES string of the molecule is COc1ccc(C[C@@H](NC(C)=O)C(=O)NC2CCN(C(=O)Nc3cccc(C)c3)CC2)c(OC)c1. The van der Waals surface area contributed by atoms with Gasteiger partial charge < -0.3 is 30.3 Å². The zero-order valence-electron chi connectivity index (χ0n) is 20.7. The van der Waals surface area contributed by atoms with Crippen LogP contribution in [0.1, 0.15) is 30.9 Å². The Hall–Kier alpha value is -3.75. The molecule has 0 bridgehead atoms. The van der Waals surface area contributed by atoms with Crippen molar-refractivity contribution in [2.24, 2.45) is 0 Å². The first-order chi connectivity index (χ1) is 16.8. The second-order valence-corrected chi connectivity index (χ2v) is 8.70. The highest BCUT2D eigenvalue weighted by molar-refractivity contribution is 5.89. The number of methoxy groups -OCH3 is 2. The van der Waals surface area contributed by atoms with E-state index in [2.05, 4.69) is 16.0 Å². The van der Waals surface area contributed by atoms with Crippen molar-refractivity contribution in [3.8, 4) is 11.5 Å². The molecule has 0 aromatic heterocycles. The second kappa shape index (κ2) is 12.1. The van der Waals surface area contributed by atoms with Crippen molar-refractivity contribution in [1.29, 1.82) is 0 Å². The molecule has 4 amide bonds. The summed E-state index contributed by atoms with van der Waals surface area (Å²) >= 11 is 0. The highest BCUT2D eigenvalue weighted by atomic mass is 16.5. The van der Waals surface area contributed by atoms with Crippen LogP contribution in [-0.4, -0.2) is 62.1 Å². The van der Waals surface area contributed by atoms with Crippen molar-refractivity contribution in [2.45, 2.75) is 45.2 Å². The molecule has 0 radical (unpaired) electrons. The molecule has 9 heteroatoms. The van der Waals surface area contributed by atoms with E-state index in [0.717, 1.165) is 16.8 Å². The van der Waals surface area contributed by atoms with E-state index in [1.165, 1.54) is 6.92 Å². The minimum atomic E-state index is -0.752. The third kappa shape index (κ3) is 7.37. The van der Waals surface area contributed by atoms with Crippen molar-refractivity contribution in [3.05, 3.63) is 53.6 Å². The van der Waals surface area contributed by atoms with E-state index >= 15 is 0 Å². The predicted octanol–water partition coefficient (Wildman–Crippen LogP) is 2.87. The average Bonchev–Trinajstić information content (AvgIpc) is 2.84. The number of benzene rings is 2. The number of anilines is 1. The molecule has 1 atom stereocenters. The summed E-state index contributed by atoms with van der Waals surface area (Å²) in [5, 5.41) is 8.71. The lowest BCUT2D eigenvalue weighted by molar-refractivity contribution is -0.128. The fraction of sp³-hybridized carbons (Fsp3) is 0.423. The number of nitrogens with one attached hydrogen (secondary N) is 3. The van der Waals surface area contributed by atoms with Gasteiger partial charge in [0.2, 0.25) is 11.8 Å². The van der Waals surface area contributed by atoms with Crippen LogP contribution in [0.25, 0.3) is 0 Å². The summed E-state index contributed by atoms with van der Waals surface area (Å²) in [7, 11) is 3.12. The molecule has 0 spiro atoms. The summed E-state index contributed by atoms with van der Waals surface area (Å²) in [6.45, 7) is 4.42. The average molecular weight is 483 g/mol. The van der Waals surface area contributed by atoms with Gasteiger partial charge in [-0.1, -0.05) is 18.2 Å². The van der Waals surface area contributed by atoms with Crippen LogP contribution in [0.3, 0.4) is 0 Å². The maximum Gasteiger partial charge on any atom is 0.321 e. The summed E-state index contributed by atoms with van der Waals surface area (Å²) in [4.78, 5) is 39.2. The third-order valence-corrected chi connectivity index (χ3v) is 6.01. The third-order valence-electron chi connectivity index (χ3n) is 6.01. The lowest BCUT2D eigenvalue weighted by Gasteiger charge is -2.33. The van der Waals surface area contributed by atoms with Crippen LogP contribution < -0.4 is 25.4 Å². The van der Waals surface area contributed by atoms with Crippen LogP contribution in [-0.2, 0) is 16.0 Å². The minimum absolute atomic E-state index is 0.0838. The number of hydrogen-bond acceptors (Lipinski definition) is 5. The van der Waals surface area contributed by atoms with Crippen molar-refractivity contribution < 1.29 is 23.9 Å². The minimum Gasteiger partial charge on any atom is -0.497 e. The molecular weight excluding hydrogens is 448 g/mol. The molecule has 3 rings (SSSR count). The van der Waals surface area contributed by atoms with Gasteiger partial charge in [-0.25, -0.2) is 4.79 Å². The number of carbonyl (C=O) groups is 3. The number of carbonyl (C=O) groups excluding carboxylic acids is 3. The largest absolute Gasteiger partial charge is 0.497 e. The predicted molar refractivity (Wildman–Crippen MR) is 134 cm³/mol. The summed E-state index contributed by atoms with van der Waals surface area (Å²) < 4.78 is 10.7. The molecule has 35 heavy (non-hydrogen) atoms. The van der Waals surface area contributed by atoms with E-state index in [-0.39, 0.29) is 30.3 Å². The first-order valence-corrected chi connectivity index (χ1v) is 11.7. The van der Waals surface area contributed by atoms with Gasteiger partial charge in [0, 0.05) is 44.2 Å². The Balaban J connectivity index is 1.57. The van der Waals surface area contributed by atoms with Gasteiger partial charge in [0.15, 0.2) is 0 Å². The highest BCUT2D eigenvalue weighted by Gasteiger charge is 2.28. The first-order valence-electron chi connectivity index (χ1n) is 11.7. The Morgan fingerprint density at radius 1 is 1.06 bits per heavy atom. The Kier molecular flexibility index (Phi) is 8.94. The Morgan fingerprint density at radius 3 is 2.43 bits per heavy atom. The van der Waals surface area contributed by atoms with Gasteiger partial charge in [0.1, 0.15) is 17.5 Å². The van der Waals surface area contributed by atoms with Gasteiger partial charge in [0.25, 0.3) is 0 Å². The fourth-order valence-corrected chi connectivity index (χ4v) is 4.15. The quantitative estimate of drug-likeness (QED) is 0.536.